The number of benzene rings is 1. The third-order valence-corrected chi connectivity index (χ3v) is 4.07. The number of hydrogen-bond donors (Lipinski definition) is 1. The van der Waals surface area contributed by atoms with Gasteiger partial charge in [-0.2, -0.15) is 0 Å². The lowest BCUT2D eigenvalue weighted by atomic mass is 9.96. The summed E-state index contributed by atoms with van der Waals surface area (Å²) >= 11 is 0. The lowest BCUT2D eigenvalue weighted by Crippen LogP contribution is -2.38. The van der Waals surface area contributed by atoms with Crippen molar-refractivity contribution in [3.05, 3.63) is 35.9 Å². The minimum absolute atomic E-state index is 0. The highest BCUT2D eigenvalue weighted by atomic mass is 35.5. The molecule has 0 aromatic heterocycles. The standard InChI is InChI=1S/C17H26N2O2.ClH/c18-9-11-19(10-6-15-4-2-1-3-5-15)17(20)14-16-7-12-21-13-8-16;/h1-5,16H,6-14,18H2;1H. The summed E-state index contributed by atoms with van der Waals surface area (Å²) in [5.74, 6) is 0.714. The molecule has 1 saturated heterocycles. The van der Waals surface area contributed by atoms with E-state index in [1.807, 2.05) is 23.1 Å². The fourth-order valence-corrected chi connectivity index (χ4v) is 2.75. The molecule has 2 N–H and O–H groups in total. The van der Waals surface area contributed by atoms with Crippen molar-refractivity contribution in [2.75, 3.05) is 32.8 Å². The van der Waals surface area contributed by atoms with Crippen molar-refractivity contribution in [1.29, 1.82) is 0 Å². The smallest absolute Gasteiger partial charge is 0.222 e. The Bertz CT molecular complexity index is 422. The quantitative estimate of drug-likeness (QED) is 0.836. The third-order valence-electron chi connectivity index (χ3n) is 4.07. The molecule has 1 fully saturated rings. The fraction of sp³-hybridized carbons (Fsp3) is 0.588. The van der Waals surface area contributed by atoms with Crippen LogP contribution in [0.5, 0.6) is 0 Å². The molecule has 1 amide bonds. The highest BCUT2D eigenvalue weighted by molar-refractivity contribution is 5.85. The summed E-state index contributed by atoms with van der Waals surface area (Å²) in [6.07, 6.45) is 3.53. The molecule has 0 unspecified atom stereocenters. The monoisotopic (exact) mass is 326 g/mol. The van der Waals surface area contributed by atoms with E-state index in [0.29, 0.717) is 25.4 Å². The van der Waals surface area contributed by atoms with Gasteiger partial charge in [-0.1, -0.05) is 30.3 Å². The summed E-state index contributed by atoms with van der Waals surface area (Å²) in [5.41, 5.74) is 6.92. The van der Waals surface area contributed by atoms with Crippen LogP contribution in [0.15, 0.2) is 30.3 Å². The van der Waals surface area contributed by atoms with Gasteiger partial charge in [0.15, 0.2) is 0 Å². The Morgan fingerprint density at radius 3 is 2.50 bits per heavy atom. The Hall–Kier alpha value is -1.10. The molecule has 1 aliphatic heterocycles. The lowest BCUT2D eigenvalue weighted by molar-refractivity contribution is -0.132. The van der Waals surface area contributed by atoms with Gasteiger partial charge in [0.2, 0.25) is 5.91 Å². The van der Waals surface area contributed by atoms with Crippen LogP contribution >= 0.6 is 12.4 Å². The second-order valence-electron chi connectivity index (χ2n) is 5.66. The second kappa shape index (κ2) is 10.6. The molecule has 1 heterocycles. The van der Waals surface area contributed by atoms with Crippen molar-refractivity contribution >= 4 is 18.3 Å². The number of halogens is 1. The van der Waals surface area contributed by atoms with Gasteiger partial charge in [-0.3, -0.25) is 4.79 Å². The van der Waals surface area contributed by atoms with E-state index in [-0.39, 0.29) is 18.3 Å². The van der Waals surface area contributed by atoms with Crippen LogP contribution in [0.1, 0.15) is 24.8 Å². The Balaban J connectivity index is 0.00000242. The van der Waals surface area contributed by atoms with Gasteiger partial charge in [0.25, 0.3) is 0 Å². The zero-order valence-electron chi connectivity index (χ0n) is 13.1. The molecule has 0 radical (unpaired) electrons. The average Bonchev–Trinajstić information content (AvgIpc) is 2.53. The molecule has 0 saturated carbocycles. The SMILES string of the molecule is Cl.NCCN(CCc1ccccc1)C(=O)CC1CCOCC1. The Kier molecular flexibility index (Phi) is 9.13. The topological polar surface area (TPSA) is 55.6 Å². The van der Waals surface area contributed by atoms with Gasteiger partial charge in [-0.05, 0) is 30.7 Å². The zero-order chi connectivity index (χ0) is 14.9. The van der Waals surface area contributed by atoms with Crippen molar-refractivity contribution in [2.24, 2.45) is 11.7 Å². The van der Waals surface area contributed by atoms with Crippen LogP contribution in [0.2, 0.25) is 0 Å². The van der Waals surface area contributed by atoms with Crippen LogP contribution < -0.4 is 5.73 Å². The van der Waals surface area contributed by atoms with E-state index in [9.17, 15) is 4.79 Å². The third kappa shape index (κ3) is 6.34. The van der Waals surface area contributed by atoms with Gasteiger partial charge < -0.3 is 15.4 Å². The van der Waals surface area contributed by atoms with Crippen molar-refractivity contribution in [2.45, 2.75) is 25.7 Å². The first-order chi connectivity index (χ1) is 10.3. The molecular formula is C17H27ClN2O2. The number of carbonyl (C=O) groups is 1. The minimum atomic E-state index is 0. The van der Waals surface area contributed by atoms with Crippen LogP contribution in [-0.2, 0) is 16.0 Å². The molecule has 1 aromatic carbocycles. The van der Waals surface area contributed by atoms with Crippen LogP contribution in [0.4, 0.5) is 0 Å². The summed E-state index contributed by atoms with van der Waals surface area (Å²) in [5, 5.41) is 0. The van der Waals surface area contributed by atoms with E-state index in [4.69, 9.17) is 10.5 Å². The lowest BCUT2D eigenvalue weighted by Gasteiger charge is -2.26. The number of hydrogen-bond acceptors (Lipinski definition) is 3. The van der Waals surface area contributed by atoms with Crippen LogP contribution in [0.25, 0.3) is 0 Å². The number of amides is 1. The molecule has 0 spiro atoms. The van der Waals surface area contributed by atoms with Crippen LogP contribution in [0.3, 0.4) is 0 Å². The predicted octanol–water partition coefficient (Wildman–Crippen LogP) is 2.25. The number of rotatable bonds is 7. The summed E-state index contributed by atoms with van der Waals surface area (Å²) in [7, 11) is 0. The zero-order valence-corrected chi connectivity index (χ0v) is 13.9. The van der Waals surface area contributed by atoms with Gasteiger partial charge in [0, 0.05) is 39.3 Å². The molecule has 1 aromatic rings. The first kappa shape index (κ1) is 18.9. The van der Waals surface area contributed by atoms with Crippen molar-refractivity contribution in [3.63, 3.8) is 0 Å². The molecule has 0 aliphatic carbocycles. The average molecular weight is 327 g/mol. The molecule has 4 nitrogen and oxygen atoms in total. The van der Waals surface area contributed by atoms with E-state index in [1.165, 1.54) is 5.56 Å². The molecule has 5 heteroatoms. The van der Waals surface area contributed by atoms with Crippen molar-refractivity contribution < 1.29 is 9.53 Å². The van der Waals surface area contributed by atoms with Crippen molar-refractivity contribution in [1.82, 2.24) is 4.90 Å². The molecule has 1 aliphatic rings. The number of nitrogens with zero attached hydrogens (tertiary/aromatic N) is 1. The molecular weight excluding hydrogens is 300 g/mol. The summed E-state index contributed by atoms with van der Waals surface area (Å²) in [6, 6.07) is 10.3. The molecule has 0 bridgehead atoms. The molecule has 0 atom stereocenters. The maximum Gasteiger partial charge on any atom is 0.222 e. The highest BCUT2D eigenvalue weighted by Crippen LogP contribution is 2.19. The summed E-state index contributed by atoms with van der Waals surface area (Å²) < 4.78 is 5.35. The largest absolute Gasteiger partial charge is 0.381 e. The van der Waals surface area contributed by atoms with E-state index in [1.54, 1.807) is 0 Å². The highest BCUT2D eigenvalue weighted by Gasteiger charge is 2.20. The van der Waals surface area contributed by atoms with E-state index < -0.39 is 0 Å². The van der Waals surface area contributed by atoms with Gasteiger partial charge >= 0.3 is 0 Å². The van der Waals surface area contributed by atoms with Gasteiger partial charge in [-0.15, -0.1) is 12.4 Å². The molecule has 124 valence electrons. The van der Waals surface area contributed by atoms with Gasteiger partial charge in [0.1, 0.15) is 0 Å². The Morgan fingerprint density at radius 1 is 1.18 bits per heavy atom. The predicted molar refractivity (Wildman–Crippen MR) is 91.2 cm³/mol. The Labute approximate surface area is 139 Å². The van der Waals surface area contributed by atoms with Crippen LogP contribution in [0, 0.1) is 5.92 Å². The van der Waals surface area contributed by atoms with E-state index >= 15 is 0 Å². The first-order valence-corrected chi connectivity index (χ1v) is 7.89. The normalized spacial score (nSPS) is 15.1. The van der Waals surface area contributed by atoms with Crippen molar-refractivity contribution in [3.8, 4) is 0 Å². The second-order valence-corrected chi connectivity index (χ2v) is 5.66. The summed E-state index contributed by atoms with van der Waals surface area (Å²) in [4.78, 5) is 14.4. The first-order valence-electron chi connectivity index (χ1n) is 7.89. The summed E-state index contributed by atoms with van der Waals surface area (Å²) in [6.45, 7) is 3.50. The number of ether oxygens (including phenoxy) is 1. The van der Waals surface area contributed by atoms with Gasteiger partial charge in [0.05, 0.1) is 0 Å². The Morgan fingerprint density at radius 2 is 1.86 bits per heavy atom. The minimum Gasteiger partial charge on any atom is -0.381 e. The fourth-order valence-electron chi connectivity index (χ4n) is 2.75. The van der Waals surface area contributed by atoms with E-state index in [2.05, 4.69) is 12.1 Å². The molecule has 22 heavy (non-hydrogen) atoms. The van der Waals surface area contributed by atoms with Gasteiger partial charge in [-0.25, -0.2) is 0 Å². The molecule has 2 rings (SSSR count). The maximum absolute atomic E-state index is 12.5. The maximum atomic E-state index is 12.5. The van der Waals surface area contributed by atoms with E-state index in [0.717, 1.165) is 39.0 Å². The number of nitrogens with two attached hydrogens (primary N) is 1. The number of carbonyl (C=O) groups excluding carboxylic acids is 1. The van der Waals surface area contributed by atoms with Crippen LogP contribution in [-0.4, -0.2) is 43.7 Å².